The van der Waals surface area contributed by atoms with Crippen molar-refractivity contribution in [2.45, 2.75) is 13.0 Å². The van der Waals surface area contributed by atoms with Gasteiger partial charge in [-0.2, -0.15) is 0 Å². The Balaban J connectivity index is 2.98. The van der Waals surface area contributed by atoms with Gasteiger partial charge in [0.1, 0.15) is 27.4 Å². The molecule has 1 amide bonds. The summed E-state index contributed by atoms with van der Waals surface area (Å²) in [6.07, 6.45) is 1.91. The zero-order chi connectivity index (χ0) is 15.5. The largest absolute Gasteiger partial charge is 0.384 e. The van der Waals surface area contributed by atoms with E-state index in [1.165, 1.54) is 6.92 Å². The molecule has 1 aromatic heterocycles. The Labute approximate surface area is 115 Å². The molecular weight excluding hydrogens is 288 g/mol. The number of sulfone groups is 1. The summed E-state index contributed by atoms with van der Waals surface area (Å²) in [5.41, 5.74) is 4.63. The van der Waals surface area contributed by atoms with Crippen molar-refractivity contribution in [3.05, 3.63) is 27.9 Å². The molecular formula is C10H14N4O5S. The smallest absolute Gasteiger partial charge is 0.300 e. The molecule has 1 unspecified atom stereocenters. The second-order valence-electron chi connectivity index (χ2n) is 4.35. The highest BCUT2D eigenvalue weighted by atomic mass is 32.2. The molecule has 0 aliphatic rings. The first kappa shape index (κ1) is 15.8. The standard InChI is InChI=1S/C10H14N4O5S/c1-6(5-20(2,18)19)13-10(15)7-3-9(11)12-4-8(7)14(16)17/h3-4,6H,5H2,1-2H3,(H2,11,12)(H,13,15). The molecule has 0 saturated heterocycles. The van der Waals surface area contributed by atoms with Crippen LogP contribution in [-0.2, 0) is 9.84 Å². The maximum atomic E-state index is 11.9. The van der Waals surface area contributed by atoms with Crippen LogP contribution in [0.3, 0.4) is 0 Å². The van der Waals surface area contributed by atoms with Gasteiger partial charge in [0, 0.05) is 12.3 Å². The number of amides is 1. The Hall–Kier alpha value is -2.23. The molecule has 110 valence electrons. The summed E-state index contributed by atoms with van der Waals surface area (Å²) in [6.45, 7) is 1.48. The number of aromatic nitrogens is 1. The Morgan fingerprint density at radius 2 is 2.20 bits per heavy atom. The van der Waals surface area contributed by atoms with Gasteiger partial charge in [-0.1, -0.05) is 0 Å². The molecule has 0 aliphatic heterocycles. The van der Waals surface area contributed by atoms with E-state index >= 15 is 0 Å². The fraction of sp³-hybridized carbons (Fsp3) is 0.400. The molecule has 1 rings (SSSR count). The van der Waals surface area contributed by atoms with Crippen LogP contribution in [0, 0.1) is 10.1 Å². The van der Waals surface area contributed by atoms with Gasteiger partial charge < -0.3 is 11.1 Å². The van der Waals surface area contributed by atoms with Crippen LogP contribution in [0.2, 0.25) is 0 Å². The molecule has 9 nitrogen and oxygen atoms in total. The van der Waals surface area contributed by atoms with Gasteiger partial charge in [0.25, 0.3) is 11.6 Å². The second-order valence-corrected chi connectivity index (χ2v) is 6.54. The highest BCUT2D eigenvalue weighted by Gasteiger charge is 2.23. The number of anilines is 1. The number of carbonyl (C=O) groups excluding carboxylic acids is 1. The van der Waals surface area contributed by atoms with E-state index in [4.69, 9.17) is 5.73 Å². The summed E-state index contributed by atoms with van der Waals surface area (Å²) in [4.78, 5) is 25.5. The minimum absolute atomic E-state index is 0.0449. The van der Waals surface area contributed by atoms with Crippen molar-refractivity contribution in [2.75, 3.05) is 17.7 Å². The summed E-state index contributed by atoms with van der Waals surface area (Å²) in [5.74, 6) is -1.09. The molecule has 1 aromatic rings. The van der Waals surface area contributed by atoms with Crippen LogP contribution in [-0.4, -0.2) is 42.3 Å². The van der Waals surface area contributed by atoms with E-state index < -0.39 is 32.4 Å². The van der Waals surface area contributed by atoms with Crippen LogP contribution in [0.25, 0.3) is 0 Å². The van der Waals surface area contributed by atoms with Gasteiger partial charge in [-0.3, -0.25) is 14.9 Å². The third-order valence-electron chi connectivity index (χ3n) is 2.28. The molecule has 10 heteroatoms. The number of nitrogen functional groups attached to an aromatic ring is 1. The second kappa shape index (κ2) is 5.82. The summed E-state index contributed by atoms with van der Waals surface area (Å²) < 4.78 is 22.2. The molecule has 0 aliphatic carbocycles. The third kappa shape index (κ3) is 4.46. The Bertz CT molecular complexity index is 643. The Morgan fingerprint density at radius 1 is 1.60 bits per heavy atom. The van der Waals surface area contributed by atoms with Crippen LogP contribution in [0.1, 0.15) is 17.3 Å². The van der Waals surface area contributed by atoms with E-state index in [-0.39, 0.29) is 17.1 Å². The van der Waals surface area contributed by atoms with Crippen molar-refractivity contribution >= 4 is 27.2 Å². The van der Waals surface area contributed by atoms with Gasteiger partial charge in [0.2, 0.25) is 0 Å². The average Bonchev–Trinajstić information content (AvgIpc) is 2.25. The van der Waals surface area contributed by atoms with Crippen molar-refractivity contribution in [3.63, 3.8) is 0 Å². The number of nitrogens with one attached hydrogen (secondary N) is 1. The highest BCUT2D eigenvalue weighted by Crippen LogP contribution is 2.19. The maximum absolute atomic E-state index is 11.9. The lowest BCUT2D eigenvalue weighted by Gasteiger charge is -2.12. The van der Waals surface area contributed by atoms with Crippen molar-refractivity contribution < 1.29 is 18.1 Å². The quantitative estimate of drug-likeness (QED) is 0.562. The van der Waals surface area contributed by atoms with Gasteiger partial charge in [-0.05, 0) is 13.0 Å². The summed E-state index contributed by atoms with van der Waals surface area (Å²) in [6, 6.07) is 0.382. The van der Waals surface area contributed by atoms with Gasteiger partial charge in [0.15, 0.2) is 0 Å². The number of nitro groups is 1. The first-order chi connectivity index (χ1) is 9.10. The van der Waals surface area contributed by atoms with Crippen molar-refractivity contribution in [1.82, 2.24) is 10.3 Å². The van der Waals surface area contributed by atoms with Crippen LogP contribution < -0.4 is 11.1 Å². The number of carbonyl (C=O) groups is 1. The number of rotatable bonds is 5. The lowest BCUT2D eigenvalue weighted by atomic mass is 10.2. The lowest BCUT2D eigenvalue weighted by Crippen LogP contribution is -2.37. The van der Waals surface area contributed by atoms with E-state index in [2.05, 4.69) is 10.3 Å². The van der Waals surface area contributed by atoms with E-state index in [1.54, 1.807) is 0 Å². The van der Waals surface area contributed by atoms with Crippen molar-refractivity contribution in [3.8, 4) is 0 Å². The van der Waals surface area contributed by atoms with Crippen LogP contribution in [0.15, 0.2) is 12.3 Å². The number of nitrogens with two attached hydrogens (primary N) is 1. The maximum Gasteiger partial charge on any atom is 0.300 e. The Kier molecular flexibility index (Phi) is 4.61. The summed E-state index contributed by atoms with van der Waals surface area (Å²) >= 11 is 0. The van der Waals surface area contributed by atoms with E-state index in [0.717, 1.165) is 18.5 Å². The predicted molar refractivity (Wildman–Crippen MR) is 71.9 cm³/mol. The van der Waals surface area contributed by atoms with Gasteiger partial charge in [0.05, 0.1) is 10.7 Å². The zero-order valence-corrected chi connectivity index (χ0v) is 11.7. The molecule has 0 saturated carbocycles. The fourth-order valence-corrected chi connectivity index (χ4v) is 2.58. The highest BCUT2D eigenvalue weighted by molar-refractivity contribution is 7.90. The van der Waals surface area contributed by atoms with E-state index in [1.807, 2.05) is 0 Å². The minimum atomic E-state index is -3.27. The molecule has 0 radical (unpaired) electrons. The van der Waals surface area contributed by atoms with Crippen molar-refractivity contribution in [1.29, 1.82) is 0 Å². The summed E-state index contributed by atoms with van der Waals surface area (Å²) in [7, 11) is -3.27. The van der Waals surface area contributed by atoms with E-state index in [9.17, 15) is 23.3 Å². The zero-order valence-electron chi connectivity index (χ0n) is 10.9. The molecule has 0 aromatic carbocycles. The molecule has 1 atom stereocenters. The van der Waals surface area contributed by atoms with Gasteiger partial charge >= 0.3 is 0 Å². The number of pyridine rings is 1. The lowest BCUT2D eigenvalue weighted by molar-refractivity contribution is -0.385. The predicted octanol–water partition coefficient (Wildman–Crippen LogP) is -0.265. The topological polar surface area (TPSA) is 145 Å². The SMILES string of the molecule is CC(CS(C)(=O)=O)NC(=O)c1cc(N)ncc1[N+](=O)[O-]. The number of nitrogens with zero attached hydrogens (tertiary/aromatic N) is 2. The van der Waals surface area contributed by atoms with Crippen LogP contribution in [0.4, 0.5) is 11.5 Å². The van der Waals surface area contributed by atoms with Crippen LogP contribution >= 0.6 is 0 Å². The average molecular weight is 302 g/mol. The third-order valence-corrected chi connectivity index (χ3v) is 3.38. The fourth-order valence-electron chi connectivity index (χ4n) is 1.59. The van der Waals surface area contributed by atoms with E-state index in [0.29, 0.717) is 0 Å². The normalized spacial score (nSPS) is 12.7. The molecule has 1 heterocycles. The summed E-state index contributed by atoms with van der Waals surface area (Å²) in [5, 5.41) is 13.2. The number of hydrogen-bond acceptors (Lipinski definition) is 7. The first-order valence-electron chi connectivity index (χ1n) is 5.48. The molecule has 0 fully saturated rings. The van der Waals surface area contributed by atoms with Gasteiger partial charge in [-0.15, -0.1) is 0 Å². The first-order valence-corrected chi connectivity index (χ1v) is 7.54. The molecule has 20 heavy (non-hydrogen) atoms. The molecule has 0 spiro atoms. The van der Waals surface area contributed by atoms with Crippen molar-refractivity contribution in [2.24, 2.45) is 0 Å². The number of hydrogen-bond donors (Lipinski definition) is 2. The van der Waals surface area contributed by atoms with Gasteiger partial charge in [-0.25, -0.2) is 13.4 Å². The molecule has 0 bridgehead atoms. The van der Waals surface area contributed by atoms with Crippen LogP contribution in [0.5, 0.6) is 0 Å². The monoisotopic (exact) mass is 302 g/mol. The molecule has 3 N–H and O–H groups in total. The Morgan fingerprint density at radius 3 is 2.70 bits per heavy atom. The minimum Gasteiger partial charge on any atom is -0.384 e.